The van der Waals surface area contributed by atoms with E-state index in [1.807, 2.05) is 0 Å². The van der Waals surface area contributed by atoms with E-state index in [-0.39, 0.29) is 0 Å². The van der Waals surface area contributed by atoms with E-state index in [9.17, 15) is 0 Å². The third-order valence-electron chi connectivity index (χ3n) is 4.61. The number of rotatable bonds is 4. The van der Waals surface area contributed by atoms with Crippen LogP contribution in [0.5, 0.6) is 0 Å². The largest absolute Gasteiger partial charge is 0.365 e. The van der Waals surface area contributed by atoms with Crippen LogP contribution in [0.2, 0.25) is 0 Å². The van der Waals surface area contributed by atoms with E-state index in [0.29, 0.717) is 12.1 Å². The lowest BCUT2D eigenvalue weighted by atomic mass is 9.99. The Morgan fingerprint density at radius 2 is 2.10 bits per heavy atom. The number of anilines is 2. The van der Waals surface area contributed by atoms with Gasteiger partial charge in [-0.2, -0.15) is 0 Å². The van der Waals surface area contributed by atoms with Crippen LogP contribution < -0.4 is 16.6 Å². The molecule has 6 heteroatoms. The summed E-state index contributed by atoms with van der Waals surface area (Å²) in [6.45, 7) is 4.56. The van der Waals surface area contributed by atoms with Crippen molar-refractivity contribution in [2.24, 2.45) is 5.84 Å². The van der Waals surface area contributed by atoms with Gasteiger partial charge in [0.1, 0.15) is 18.0 Å². The van der Waals surface area contributed by atoms with Crippen LogP contribution in [-0.2, 0) is 6.42 Å². The first kappa shape index (κ1) is 13.6. The topological polar surface area (TPSA) is 79.1 Å². The third-order valence-corrected chi connectivity index (χ3v) is 4.61. The summed E-state index contributed by atoms with van der Waals surface area (Å²) in [6.07, 6.45) is 7.63. The molecule has 6 nitrogen and oxygen atoms in total. The Hall–Kier alpha value is -1.40. The van der Waals surface area contributed by atoms with Crippen molar-refractivity contribution in [2.75, 3.05) is 23.8 Å². The van der Waals surface area contributed by atoms with Crippen LogP contribution in [-0.4, -0.2) is 40.0 Å². The molecule has 20 heavy (non-hydrogen) atoms. The molecule has 110 valence electrons. The van der Waals surface area contributed by atoms with Crippen molar-refractivity contribution in [3.63, 3.8) is 0 Å². The number of hydrogen-bond acceptors (Lipinski definition) is 6. The van der Waals surface area contributed by atoms with Crippen LogP contribution in [0.3, 0.4) is 0 Å². The average molecular weight is 276 g/mol. The second-order valence-electron chi connectivity index (χ2n) is 5.69. The monoisotopic (exact) mass is 276 g/mol. The Kier molecular flexibility index (Phi) is 4.03. The maximum atomic E-state index is 5.53. The van der Waals surface area contributed by atoms with Crippen LogP contribution in [0.1, 0.15) is 38.2 Å². The van der Waals surface area contributed by atoms with Crippen molar-refractivity contribution in [1.29, 1.82) is 0 Å². The van der Waals surface area contributed by atoms with Gasteiger partial charge in [-0.15, -0.1) is 0 Å². The molecule has 1 aromatic heterocycles. The minimum absolute atomic E-state index is 0.501. The highest BCUT2D eigenvalue weighted by molar-refractivity contribution is 5.57. The summed E-state index contributed by atoms with van der Waals surface area (Å²) >= 11 is 0. The van der Waals surface area contributed by atoms with Gasteiger partial charge in [-0.05, 0) is 32.2 Å². The second kappa shape index (κ2) is 5.93. The number of hydrazine groups is 1. The Labute approximate surface area is 120 Å². The molecule has 1 aromatic rings. The molecule has 2 unspecified atom stereocenters. The predicted molar refractivity (Wildman–Crippen MR) is 80.5 cm³/mol. The van der Waals surface area contributed by atoms with Crippen LogP contribution in [0, 0.1) is 0 Å². The molecule has 0 radical (unpaired) electrons. The van der Waals surface area contributed by atoms with E-state index in [2.05, 4.69) is 32.5 Å². The lowest BCUT2D eigenvalue weighted by molar-refractivity contribution is 0.192. The van der Waals surface area contributed by atoms with Crippen molar-refractivity contribution in [3.05, 3.63) is 11.9 Å². The molecule has 0 bridgehead atoms. The summed E-state index contributed by atoms with van der Waals surface area (Å²) in [5, 5.41) is 3.65. The number of nitrogens with one attached hydrogen (secondary N) is 2. The van der Waals surface area contributed by atoms with Crippen LogP contribution in [0.25, 0.3) is 0 Å². The normalized spacial score (nSPS) is 26.3. The van der Waals surface area contributed by atoms with Gasteiger partial charge in [-0.1, -0.05) is 13.3 Å². The van der Waals surface area contributed by atoms with E-state index in [1.165, 1.54) is 38.8 Å². The standard InChI is InChI=1S/C14H24N6/c1-2-10-13(16-9-17-14(10)19-15)18-11-6-8-20-7-4-3-5-12(11)20/h9,11-12H,2-8,15H2,1H3,(H2,16,17,18,19). The van der Waals surface area contributed by atoms with Crippen LogP contribution >= 0.6 is 0 Å². The number of nitrogen functional groups attached to an aromatic ring is 1. The fraction of sp³-hybridized carbons (Fsp3) is 0.714. The highest BCUT2D eigenvalue weighted by atomic mass is 15.3. The van der Waals surface area contributed by atoms with Gasteiger partial charge in [0.2, 0.25) is 0 Å². The molecule has 2 aliphatic rings. The highest BCUT2D eigenvalue weighted by Crippen LogP contribution is 2.30. The Morgan fingerprint density at radius 1 is 1.25 bits per heavy atom. The first-order valence-corrected chi connectivity index (χ1v) is 7.64. The Balaban J connectivity index is 1.77. The molecule has 0 aromatic carbocycles. The summed E-state index contributed by atoms with van der Waals surface area (Å²) < 4.78 is 0. The second-order valence-corrected chi connectivity index (χ2v) is 5.69. The van der Waals surface area contributed by atoms with E-state index in [1.54, 1.807) is 6.33 Å². The molecule has 0 amide bonds. The SMILES string of the molecule is CCc1c(NN)ncnc1NC1CCN2CCCCC12. The van der Waals surface area contributed by atoms with Gasteiger partial charge < -0.3 is 10.7 Å². The van der Waals surface area contributed by atoms with Gasteiger partial charge in [0.25, 0.3) is 0 Å². The zero-order chi connectivity index (χ0) is 13.9. The number of nitrogens with two attached hydrogens (primary N) is 1. The minimum atomic E-state index is 0.501. The summed E-state index contributed by atoms with van der Waals surface area (Å²) in [5.41, 5.74) is 3.74. The van der Waals surface area contributed by atoms with Crippen molar-refractivity contribution in [2.45, 2.75) is 51.1 Å². The number of fused-ring (bicyclic) bond motifs is 1. The zero-order valence-electron chi connectivity index (χ0n) is 12.1. The van der Waals surface area contributed by atoms with E-state index < -0.39 is 0 Å². The predicted octanol–water partition coefficient (Wildman–Crippen LogP) is 1.36. The summed E-state index contributed by atoms with van der Waals surface area (Å²) in [7, 11) is 0. The Morgan fingerprint density at radius 3 is 2.90 bits per heavy atom. The Bertz CT molecular complexity index is 463. The lowest BCUT2D eigenvalue weighted by Gasteiger charge is -2.33. The minimum Gasteiger partial charge on any atom is -0.365 e. The van der Waals surface area contributed by atoms with E-state index >= 15 is 0 Å². The van der Waals surface area contributed by atoms with Gasteiger partial charge in [0, 0.05) is 24.2 Å². The maximum Gasteiger partial charge on any atom is 0.148 e. The molecule has 4 N–H and O–H groups in total. The molecule has 2 saturated heterocycles. The summed E-state index contributed by atoms with van der Waals surface area (Å²) in [6, 6.07) is 1.17. The molecule has 3 rings (SSSR count). The fourth-order valence-corrected chi connectivity index (χ4v) is 3.59. The number of nitrogens with zero attached hydrogens (tertiary/aromatic N) is 3. The van der Waals surface area contributed by atoms with Crippen LogP contribution in [0.4, 0.5) is 11.6 Å². The smallest absolute Gasteiger partial charge is 0.148 e. The van der Waals surface area contributed by atoms with Crippen molar-refractivity contribution in [1.82, 2.24) is 14.9 Å². The van der Waals surface area contributed by atoms with Gasteiger partial charge in [-0.3, -0.25) is 4.90 Å². The number of hydrogen-bond donors (Lipinski definition) is 3. The number of piperidine rings is 1. The average Bonchev–Trinajstić information content (AvgIpc) is 2.90. The summed E-state index contributed by atoms with van der Waals surface area (Å²) in [5.74, 6) is 7.20. The molecule has 2 fully saturated rings. The van der Waals surface area contributed by atoms with Gasteiger partial charge in [0.05, 0.1) is 0 Å². The molecular formula is C14H24N6. The molecule has 2 aliphatic heterocycles. The highest BCUT2D eigenvalue weighted by Gasteiger charge is 2.35. The van der Waals surface area contributed by atoms with E-state index in [0.717, 1.165) is 23.6 Å². The first-order chi connectivity index (χ1) is 9.83. The lowest BCUT2D eigenvalue weighted by Crippen LogP contribution is -2.42. The fourth-order valence-electron chi connectivity index (χ4n) is 3.59. The molecular weight excluding hydrogens is 252 g/mol. The quantitative estimate of drug-likeness (QED) is 0.569. The maximum absolute atomic E-state index is 5.53. The molecule has 2 atom stereocenters. The van der Waals surface area contributed by atoms with Crippen LogP contribution in [0.15, 0.2) is 6.33 Å². The van der Waals surface area contributed by atoms with Crippen molar-refractivity contribution >= 4 is 11.6 Å². The molecule has 0 saturated carbocycles. The van der Waals surface area contributed by atoms with E-state index in [4.69, 9.17) is 5.84 Å². The molecule has 0 aliphatic carbocycles. The van der Waals surface area contributed by atoms with Crippen molar-refractivity contribution in [3.8, 4) is 0 Å². The third kappa shape index (κ3) is 2.45. The van der Waals surface area contributed by atoms with Gasteiger partial charge in [0.15, 0.2) is 0 Å². The summed E-state index contributed by atoms with van der Waals surface area (Å²) in [4.78, 5) is 11.2. The van der Waals surface area contributed by atoms with Gasteiger partial charge >= 0.3 is 0 Å². The number of aromatic nitrogens is 2. The van der Waals surface area contributed by atoms with Crippen molar-refractivity contribution < 1.29 is 0 Å². The zero-order valence-corrected chi connectivity index (χ0v) is 12.1. The first-order valence-electron chi connectivity index (χ1n) is 7.64. The van der Waals surface area contributed by atoms with Gasteiger partial charge in [-0.25, -0.2) is 15.8 Å². The molecule has 3 heterocycles. The molecule has 0 spiro atoms.